The van der Waals surface area contributed by atoms with Crippen molar-refractivity contribution in [1.82, 2.24) is 4.90 Å². The predicted molar refractivity (Wildman–Crippen MR) is 190 cm³/mol. The summed E-state index contributed by atoms with van der Waals surface area (Å²) in [4.78, 5) is 38.6. The zero-order valence-corrected chi connectivity index (χ0v) is 31.7. The first-order chi connectivity index (χ1) is 22.3. The SMILES string of the molecule is CC[Si](CC)(CC)O[C@H](C)[C@H]1C(=O)N2C(C(=O)O)=C(C#CCOc3ccc(CC[N+]45CC[N+](CC(N)=O)(CC4)CC5)cc3I)[C@H](C)[C@H]12. The lowest BCUT2D eigenvalue weighted by Gasteiger charge is -2.55. The zero-order valence-electron chi connectivity index (χ0n) is 28.5. The number of amides is 2. The Morgan fingerprint density at radius 1 is 1.11 bits per heavy atom. The van der Waals surface area contributed by atoms with Gasteiger partial charge in [-0.15, -0.1) is 0 Å². The molecule has 12 heteroatoms. The molecule has 0 radical (unpaired) electrons. The summed E-state index contributed by atoms with van der Waals surface area (Å²) in [6.45, 7) is 18.5. The van der Waals surface area contributed by atoms with Gasteiger partial charge in [0.1, 0.15) is 57.3 Å². The molecule has 3 N–H and O–H groups in total. The summed E-state index contributed by atoms with van der Waals surface area (Å²) in [5.74, 6) is 4.79. The van der Waals surface area contributed by atoms with E-state index in [1.807, 2.05) is 19.9 Å². The van der Waals surface area contributed by atoms with Crippen molar-refractivity contribution in [2.45, 2.75) is 71.3 Å². The number of rotatable bonds is 14. The van der Waals surface area contributed by atoms with Gasteiger partial charge in [-0.05, 0) is 65.3 Å². The van der Waals surface area contributed by atoms with E-state index in [0.29, 0.717) is 12.1 Å². The fourth-order valence-corrected chi connectivity index (χ4v) is 12.1. The first-order valence-electron chi connectivity index (χ1n) is 17.2. The highest BCUT2D eigenvalue weighted by atomic mass is 127. The molecule has 0 unspecified atom stereocenters. The van der Waals surface area contributed by atoms with E-state index in [1.54, 1.807) is 0 Å². The number of carbonyl (C=O) groups excluding carboxylic acids is 2. The predicted octanol–water partition coefficient (Wildman–Crippen LogP) is 3.59. The molecule has 5 heterocycles. The number of hydrogen-bond acceptors (Lipinski definition) is 5. The van der Waals surface area contributed by atoms with Gasteiger partial charge >= 0.3 is 5.97 Å². The Labute approximate surface area is 294 Å². The summed E-state index contributed by atoms with van der Waals surface area (Å²) < 4.78 is 15.6. The monoisotopic (exact) mass is 778 g/mol. The molecule has 0 aromatic heterocycles. The Kier molecular flexibility index (Phi) is 10.8. The van der Waals surface area contributed by atoms with Crippen molar-refractivity contribution in [3.05, 3.63) is 38.6 Å². The van der Waals surface area contributed by atoms with Gasteiger partial charge in [0.25, 0.3) is 5.91 Å². The van der Waals surface area contributed by atoms with Gasteiger partial charge < -0.3 is 33.9 Å². The molecule has 4 fully saturated rings. The normalized spacial score (nSPS) is 28.8. The fourth-order valence-electron chi connectivity index (χ4n) is 8.45. The maximum atomic E-state index is 13.3. The third-order valence-corrected chi connectivity index (χ3v) is 17.3. The van der Waals surface area contributed by atoms with Crippen LogP contribution in [0.3, 0.4) is 0 Å². The highest BCUT2D eigenvalue weighted by Crippen LogP contribution is 2.48. The smallest absolute Gasteiger partial charge is 0.353 e. The molecule has 10 nitrogen and oxygen atoms in total. The summed E-state index contributed by atoms with van der Waals surface area (Å²) in [5, 5.41) is 10.1. The van der Waals surface area contributed by atoms with Crippen molar-refractivity contribution in [3.8, 4) is 17.6 Å². The Morgan fingerprint density at radius 2 is 1.72 bits per heavy atom. The first-order valence-corrected chi connectivity index (χ1v) is 20.8. The second kappa shape index (κ2) is 14.2. The van der Waals surface area contributed by atoms with Crippen molar-refractivity contribution in [1.29, 1.82) is 0 Å². The third-order valence-electron chi connectivity index (χ3n) is 11.8. The minimum Gasteiger partial charge on any atom is -0.480 e. The van der Waals surface area contributed by atoms with Crippen LogP contribution >= 0.6 is 22.6 Å². The van der Waals surface area contributed by atoms with Crippen LogP contribution in [0.4, 0.5) is 0 Å². The highest BCUT2D eigenvalue weighted by Gasteiger charge is 2.60. The van der Waals surface area contributed by atoms with Gasteiger partial charge in [-0.2, -0.15) is 0 Å². The molecule has 1 aromatic rings. The van der Waals surface area contributed by atoms with E-state index >= 15 is 0 Å². The van der Waals surface area contributed by atoms with Crippen LogP contribution in [-0.2, 0) is 25.2 Å². The quantitative estimate of drug-likeness (QED) is 0.0981. The number of aliphatic carboxylic acids is 1. The topological polar surface area (TPSA) is 119 Å². The van der Waals surface area contributed by atoms with Crippen LogP contribution in [0.25, 0.3) is 0 Å². The molecule has 0 saturated carbocycles. The Hall–Kier alpha value is -2.44. The molecule has 1 aromatic carbocycles. The molecule has 2 amide bonds. The molecule has 5 aliphatic rings. The fraction of sp³-hybridized carbons (Fsp3) is 0.629. The average Bonchev–Trinajstić information content (AvgIpc) is 3.30. The first kappa shape index (κ1) is 35.9. The van der Waals surface area contributed by atoms with E-state index in [-0.39, 0.29) is 48.1 Å². The van der Waals surface area contributed by atoms with E-state index in [0.717, 1.165) is 88.7 Å². The number of hydrogen-bond donors (Lipinski definition) is 2. The molecule has 6 rings (SSSR count). The third kappa shape index (κ3) is 7.01. The average molecular weight is 779 g/mol. The van der Waals surface area contributed by atoms with E-state index in [1.165, 1.54) is 10.5 Å². The molecule has 4 saturated heterocycles. The maximum absolute atomic E-state index is 13.3. The molecular formula is C35H51IN4O6Si+2. The van der Waals surface area contributed by atoms with Gasteiger partial charge in [0.05, 0.1) is 28.2 Å². The number of carboxylic acids is 1. The number of β-lactam (4-membered cyclic amide) rings is 1. The lowest BCUT2D eigenvalue weighted by molar-refractivity contribution is -1.08. The zero-order chi connectivity index (χ0) is 34.1. The van der Waals surface area contributed by atoms with Crippen molar-refractivity contribution >= 4 is 48.7 Å². The van der Waals surface area contributed by atoms with Crippen LogP contribution in [0.1, 0.15) is 40.2 Å². The van der Waals surface area contributed by atoms with Gasteiger partial charge in [-0.3, -0.25) is 9.59 Å². The second-order valence-electron chi connectivity index (χ2n) is 14.1. The summed E-state index contributed by atoms with van der Waals surface area (Å²) >= 11 is 2.30. The molecule has 5 aliphatic heterocycles. The molecule has 47 heavy (non-hydrogen) atoms. The second-order valence-corrected chi connectivity index (χ2v) is 20.0. The van der Waals surface area contributed by atoms with Gasteiger partial charge in [0.15, 0.2) is 14.9 Å². The molecular weight excluding hydrogens is 727 g/mol. The van der Waals surface area contributed by atoms with Gasteiger partial charge in [0, 0.05) is 17.9 Å². The number of piperazine rings is 3. The summed E-state index contributed by atoms with van der Waals surface area (Å²) in [7, 11) is -1.93. The molecule has 4 atom stereocenters. The summed E-state index contributed by atoms with van der Waals surface area (Å²) in [5.41, 5.74) is 7.27. The number of carboxylic acid groups (broad SMARTS) is 1. The lowest BCUT2D eigenvalue weighted by Crippen LogP contribution is -2.76. The highest BCUT2D eigenvalue weighted by molar-refractivity contribution is 14.1. The molecule has 2 bridgehead atoms. The minimum absolute atomic E-state index is 0.00123. The number of benzene rings is 1. The van der Waals surface area contributed by atoms with Crippen LogP contribution in [0.5, 0.6) is 5.75 Å². The Balaban J connectivity index is 1.18. The number of carbonyl (C=O) groups is 3. The van der Waals surface area contributed by atoms with Crippen molar-refractivity contribution < 1.29 is 37.6 Å². The van der Waals surface area contributed by atoms with Crippen molar-refractivity contribution in [3.63, 3.8) is 0 Å². The number of primary amides is 1. The number of quaternary nitrogens is 2. The Morgan fingerprint density at radius 3 is 2.28 bits per heavy atom. The summed E-state index contributed by atoms with van der Waals surface area (Å²) in [6.07, 6.45) is 0.722. The molecule has 0 spiro atoms. The van der Waals surface area contributed by atoms with Crippen LogP contribution in [0.2, 0.25) is 18.1 Å². The van der Waals surface area contributed by atoms with Crippen LogP contribution in [-0.4, -0.2) is 116 Å². The number of halogens is 1. The number of nitrogens with zero attached hydrogens (tertiary/aromatic N) is 3. The van der Waals surface area contributed by atoms with Crippen LogP contribution in [0, 0.1) is 27.2 Å². The largest absolute Gasteiger partial charge is 0.480 e. The van der Waals surface area contributed by atoms with E-state index < -0.39 is 14.3 Å². The van der Waals surface area contributed by atoms with E-state index in [4.69, 9.17) is 14.9 Å². The number of ether oxygens (including phenoxy) is 1. The van der Waals surface area contributed by atoms with E-state index in [9.17, 15) is 19.5 Å². The van der Waals surface area contributed by atoms with Crippen LogP contribution in [0.15, 0.2) is 29.5 Å². The number of fused-ring (bicyclic) bond motifs is 4. The molecule has 0 aliphatic carbocycles. The lowest BCUT2D eigenvalue weighted by atomic mass is 9.78. The minimum atomic E-state index is -1.93. The standard InChI is InChI=1S/C35H49IN4O6Si/c1-6-47(7-2,8-3)46-25(5)31-32-24(4)27(33(35(43)44)38(32)34(31)42)10-9-21-45-29-12-11-26(22-28(29)36)13-14-39-15-18-40(19-16-39,20-17-39)23-30(37)41/h11-12,22,24-25,31-32H,6-8,13-21,23H2,1-5H3,(H-2,37,41,43,44)/p+2/t24-,25+,31+,32+,39?,40?/m0/s1. The molecule has 256 valence electrons. The van der Waals surface area contributed by atoms with Gasteiger partial charge in [0.2, 0.25) is 5.91 Å². The van der Waals surface area contributed by atoms with Crippen molar-refractivity contribution in [2.24, 2.45) is 17.6 Å². The number of nitrogens with two attached hydrogens (primary N) is 1. The maximum Gasteiger partial charge on any atom is 0.353 e. The van der Waals surface area contributed by atoms with Crippen molar-refractivity contribution in [2.75, 3.05) is 59.0 Å². The summed E-state index contributed by atoms with van der Waals surface area (Å²) in [6, 6.07) is 8.99. The van der Waals surface area contributed by atoms with E-state index in [2.05, 4.69) is 67.3 Å². The van der Waals surface area contributed by atoms with Crippen LogP contribution < -0.4 is 10.5 Å². The van der Waals surface area contributed by atoms with Gasteiger partial charge in [-0.25, -0.2) is 4.79 Å². The Bertz CT molecular complexity index is 1470. The van der Waals surface area contributed by atoms with Gasteiger partial charge in [-0.1, -0.05) is 45.6 Å².